The van der Waals surface area contributed by atoms with Crippen molar-refractivity contribution in [1.29, 1.82) is 0 Å². The van der Waals surface area contributed by atoms with E-state index in [4.69, 9.17) is 17.3 Å². The zero-order valence-corrected chi connectivity index (χ0v) is 14.5. The van der Waals surface area contributed by atoms with Crippen molar-refractivity contribution in [3.63, 3.8) is 0 Å². The molecular formula is C14H19BrCl2N2O. The predicted octanol–water partition coefficient (Wildman–Crippen LogP) is 3.72. The van der Waals surface area contributed by atoms with Crippen LogP contribution in [0.3, 0.4) is 0 Å². The summed E-state index contributed by atoms with van der Waals surface area (Å²) in [4.78, 5) is 14.3. The number of carbonyl (C=O) groups excluding carboxylic acids is 1. The molecule has 2 rings (SSSR count). The van der Waals surface area contributed by atoms with Crippen molar-refractivity contribution in [3.8, 4) is 0 Å². The summed E-state index contributed by atoms with van der Waals surface area (Å²) in [5.74, 6) is 0.455. The van der Waals surface area contributed by atoms with Gasteiger partial charge in [0.05, 0.1) is 5.02 Å². The molecular weight excluding hydrogens is 363 g/mol. The molecule has 1 aliphatic rings. The van der Waals surface area contributed by atoms with Gasteiger partial charge in [0.25, 0.3) is 5.91 Å². The molecule has 1 aromatic carbocycles. The highest BCUT2D eigenvalue weighted by Gasteiger charge is 2.26. The van der Waals surface area contributed by atoms with Gasteiger partial charge in [0.2, 0.25) is 0 Å². The summed E-state index contributed by atoms with van der Waals surface area (Å²) in [6, 6.07) is 5.42. The number of rotatable bonds is 2. The molecule has 3 nitrogen and oxygen atoms in total. The van der Waals surface area contributed by atoms with E-state index >= 15 is 0 Å². The number of piperidine rings is 1. The molecule has 1 amide bonds. The second-order valence-electron chi connectivity index (χ2n) is 5.14. The molecule has 1 fully saturated rings. The molecule has 0 aromatic heterocycles. The second kappa shape index (κ2) is 7.64. The number of nitrogens with two attached hydrogens (primary N) is 1. The molecule has 2 unspecified atom stereocenters. The van der Waals surface area contributed by atoms with Crippen molar-refractivity contribution >= 4 is 45.8 Å². The van der Waals surface area contributed by atoms with Crippen LogP contribution in [0.5, 0.6) is 0 Å². The van der Waals surface area contributed by atoms with Crippen LogP contribution in [0.25, 0.3) is 0 Å². The van der Waals surface area contributed by atoms with E-state index in [1.165, 1.54) is 0 Å². The van der Waals surface area contributed by atoms with Crippen LogP contribution in [-0.2, 0) is 0 Å². The first-order valence-electron chi connectivity index (χ1n) is 6.49. The number of carbonyl (C=O) groups is 1. The summed E-state index contributed by atoms with van der Waals surface area (Å²) in [6.45, 7) is 3.57. The number of hydrogen-bond donors (Lipinski definition) is 1. The Hall–Kier alpha value is -0.290. The Balaban J connectivity index is 0.00000200. The molecule has 0 saturated carbocycles. The lowest BCUT2D eigenvalue weighted by molar-refractivity contribution is 0.0661. The molecule has 1 saturated heterocycles. The second-order valence-corrected chi connectivity index (χ2v) is 6.40. The lowest BCUT2D eigenvalue weighted by Gasteiger charge is -2.34. The Morgan fingerprint density at radius 3 is 2.85 bits per heavy atom. The van der Waals surface area contributed by atoms with Crippen LogP contribution in [0.4, 0.5) is 0 Å². The predicted molar refractivity (Wildman–Crippen MR) is 88.7 cm³/mol. The SMILES string of the molecule is CC(N)C1CCCN(C(=O)c2ccc(Cl)c(Br)c2)C1.Cl. The number of halogens is 3. The van der Waals surface area contributed by atoms with Crippen LogP contribution < -0.4 is 5.73 Å². The van der Waals surface area contributed by atoms with Crippen molar-refractivity contribution in [2.75, 3.05) is 13.1 Å². The van der Waals surface area contributed by atoms with Crippen molar-refractivity contribution in [1.82, 2.24) is 4.90 Å². The van der Waals surface area contributed by atoms with Gasteiger partial charge in [-0.05, 0) is 59.8 Å². The van der Waals surface area contributed by atoms with Gasteiger partial charge in [-0.2, -0.15) is 0 Å². The van der Waals surface area contributed by atoms with Crippen molar-refractivity contribution in [3.05, 3.63) is 33.3 Å². The van der Waals surface area contributed by atoms with Gasteiger partial charge in [-0.25, -0.2) is 0 Å². The summed E-state index contributed by atoms with van der Waals surface area (Å²) in [7, 11) is 0. The minimum absolute atomic E-state index is 0. The molecule has 1 heterocycles. The highest BCUT2D eigenvalue weighted by Crippen LogP contribution is 2.25. The lowest BCUT2D eigenvalue weighted by Crippen LogP contribution is -2.45. The number of likely N-dealkylation sites (tertiary alicyclic amines) is 1. The summed E-state index contributed by atoms with van der Waals surface area (Å²) in [5, 5.41) is 0.614. The number of benzene rings is 1. The van der Waals surface area contributed by atoms with Gasteiger partial charge in [0.1, 0.15) is 0 Å². The first kappa shape index (κ1) is 17.8. The van der Waals surface area contributed by atoms with Crippen molar-refractivity contribution in [2.45, 2.75) is 25.8 Å². The first-order chi connectivity index (χ1) is 8.99. The Labute approximate surface area is 139 Å². The van der Waals surface area contributed by atoms with Crippen LogP contribution in [0.2, 0.25) is 5.02 Å². The smallest absolute Gasteiger partial charge is 0.253 e. The van der Waals surface area contributed by atoms with Crippen molar-refractivity contribution < 1.29 is 4.79 Å². The van der Waals surface area contributed by atoms with Gasteiger partial charge < -0.3 is 10.6 Å². The highest BCUT2D eigenvalue weighted by molar-refractivity contribution is 9.10. The van der Waals surface area contributed by atoms with Gasteiger partial charge in [0, 0.05) is 29.2 Å². The fourth-order valence-electron chi connectivity index (χ4n) is 2.44. The molecule has 0 bridgehead atoms. The van der Waals surface area contributed by atoms with Crippen LogP contribution in [0, 0.1) is 5.92 Å². The van der Waals surface area contributed by atoms with E-state index in [0.29, 0.717) is 16.5 Å². The molecule has 2 atom stereocenters. The molecule has 0 radical (unpaired) electrons. The van der Waals surface area contributed by atoms with E-state index in [1.54, 1.807) is 18.2 Å². The third-order valence-electron chi connectivity index (χ3n) is 3.66. The molecule has 0 spiro atoms. The van der Waals surface area contributed by atoms with Crippen molar-refractivity contribution in [2.24, 2.45) is 11.7 Å². The summed E-state index contributed by atoms with van der Waals surface area (Å²) in [6.07, 6.45) is 2.12. The Bertz CT molecular complexity index is 482. The van der Waals surface area contributed by atoms with Gasteiger partial charge in [-0.15, -0.1) is 12.4 Å². The standard InChI is InChI=1S/C14H18BrClN2O.ClH/c1-9(17)11-3-2-6-18(8-11)14(19)10-4-5-13(16)12(15)7-10;/h4-5,7,9,11H,2-3,6,8,17H2,1H3;1H. The summed E-state index contributed by atoms with van der Waals surface area (Å²) in [5.41, 5.74) is 6.62. The molecule has 2 N–H and O–H groups in total. The van der Waals surface area contributed by atoms with Crippen LogP contribution in [0.15, 0.2) is 22.7 Å². The molecule has 1 aliphatic heterocycles. The van der Waals surface area contributed by atoms with Gasteiger partial charge in [-0.1, -0.05) is 11.6 Å². The quantitative estimate of drug-likeness (QED) is 0.848. The van der Waals surface area contributed by atoms with E-state index in [2.05, 4.69) is 15.9 Å². The number of amides is 1. The average molecular weight is 382 g/mol. The monoisotopic (exact) mass is 380 g/mol. The number of hydrogen-bond acceptors (Lipinski definition) is 2. The summed E-state index contributed by atoms with van der Waals surface area (Å²) >= 11 is 9.30. The van der Waals surface area contributed by atoms with E-state index in [1.807, 2.05) is 11.8 Å². The molecule has 6 heteroatoms. The third-order valence-corrected chi connectivity index (χ3v) is 4.87. The lowest BCUT2D eigenvalue weighted by atomic mass is 9.92. The first-order valence-corrected chi connectivity index (χ1v) is 7.66. The van der Waals surface area contributed by atoms with Gasteiger partial charge in [-0.3, -0.25) is 4.79 Å². The summed E-state index contributed by atoms with van der Waals surface area (Å²) < 4.78 is 0.751. The van der Waals surface area contributed by atoms with Crippen LogP contribution in [0.1, 0.15) is 30.1 Å². The van der Waals surface area contributed by atoms with Crippen LogP contribution >= 0.6 is 39.9 Å². The Morgan fingerprint density at radius 1 is 1.55 bits per heavy atom. The van der Waals surface area contributed by atoms with E-state index in [-0.39, 0.29) is 24.4 Å². The third kappa shape index (κ3) is 4.10. The van der Waals surface area contributed by atoms with Crippen LogP contribution in [-0.4, -0.2) is 29.9 Å². The maximum Gasteiger partial charge on any atom is 0.253 e. The topological polar surface area (TPSA) is 46.3 Å². The zero-order valence-electron chi connectivity index (χ0n) is 11.3. The Kier molecular flexibility index (Phi) is 6.79. The number of nitrogens with zero attached hydrogens (tertiary/aromatic N) is 1. The molecule has 112 valence electrons. The maximum absolute atomic E-state index is 12.5. The average Bonchev–Trinajstić information content (AvgIpc) is 2.41. The molecule has 0 aliphatic carbocycles. The Morgan fingerprint density at radius 2 is 2.25 bits per heavy atom. The molecule has 20 heavy (non-hydrogen) atoms. The zero-order chi connectivity index (χ0) is 14.0. The van der Waals surface area contributed by atoms with E-state index in [9.17, 15) is 4.79 Å². The molecule has 1 aromatic rings. The highest BCUT2D eigenvalue weighted by atomic mass is 79.9. The van der Waals surface area contributed by atoms with E-state index < -0.39 is 0 Å². The normalized spacial score (nSPS) is 20.2. The minimum Gasteiger partial charge on any atom is -0.338 e. The largest absolute Gasteiger partial charge is 0.338 e. The maximum atomic E-state index is 12.5. The van der Waals surface area contributed by atoms with Gasteiger partial charge in [0.15, 0.2) is 0 Å². The minimum atomic E-state index is 0. The fraction of sp³-hybridized carbons (Fsp3) is 0.500. The van der Waals surface area contributed by atoms with Gasteiger partial charge >= 0.3 is 0 Å². The fourth-order valence-corrected chi connectivity index (χ4v) is 2.93. The van der Waals surface area contributed by atoms with E-state index in [0.717, 1.165) is 30.4 Å².